The van der Waals surface area contributed by atoms with Crippen LogP contribution in [-0.2, 0) is 0 Å². The Morgan fingerprint density at radius 3 is 2.21 bits per heavy atom. The van der Waals surface area contributed by atoms with Crippen molar-refractivity contribution < 1.29 is 20.1 Å². The van der Waals surface area contributed by atoms with E-state index in [1.165, 1.54) is 18.2 Å². The number of nitrogens with one attached hydrogen (secondary N) is 2. The second-order valence-electron chi connectivity index (χ2n) is 5.85. The van der Waals surface area contributed by atoms with Crippen LogP contribution in [0.2, 0.25) is 0 Å². The maximum absolute atomic E-state index is 12.0. The van der Waals surface area contributed by atoms with Crippen LogP contribution in [0.25, 0.3) is 0 Å². The molecule has 0 heterocycles. The molecular weight excluding hydrogens is 400 g/mol. The predicted octanol–water partition coefficient (Wildman–Crippen LogP) is 1.65. The molecule has 0 aliphatic rings. The Labute approximate surface area is 171 Å². The highest BCUT2D eigenvalue weighted by Gasteiger charge is 2.12. The third-order valence-corrected chi connectivity index (χ3v) is 6.10. The average molecular weight is 425 g/mol. The highest BCUT2D eigenvalue weighted by molar-refractivity contribution is 8.76. The fraction of sp³-hybridized carbons (Fsp3) is 0.278. The summed E-state index contributed by atoms with van der Waals surface area (Å²) in [6.07, 6.45) is -0.974. The minimum atomic E-state index is -0.974. The molecule has 152 valence electrons. The summed E-state index contributed by atoms with van der Waals surface area (Å²) < 4.78 is 0. The third kappa shape index (κ3) is 6.71. The molecule has 0 spiro atoms. The molecule has 0 saturated carbocycles. The van der Waals surface area contributed by atoms with Gasteiger partial charge in [-0.25, -0.2) is 0 Å². The lowest BCUT2D eigenvalue weighted by Gasteiger charge is -2.14. The van der Waals surface area contributed by atoms with Crippen molar-refractivity contribution >= 4 is 38.9 Å². The van der Waals surface area contributed by atoms with Crippen LogP contribution >= 0.6 is 21.6 Å². The lowest BCUT2D eigenvalue weighted by atomic mass is 10.1. The van der Waals surface area contributed by atoms with Gasteiger partial charge in [-0.15, -0.1) is 0 Å². The fourth-order valence-electron chi connectivity index (χ4n) is 2.30. The smallest absolute Gasteiger partial charge is 0.255 e. The number of aliphatic hydroxyl groups is 1. The maximum atomic E-state index is 12.0. The zero-order valence-corrected chi connectivity index (χ0v) is 16.7. The maximum Gasteiger partial charge on any atom is 0.255 e. The molecule has 0 aliphatic heterocycles. The van der Waals surface area contributed by atoms with E-state index in [-0.39, 0.29) is 23.0 Å². The molecule has 0 aromatic heterocycles. The minimum absolute atomic E-state index is 0.0510. The van der Waals surface area contributed by atoms with Gasteiger partial charge in [0.05, 0.1) is 5.56 Å². The first kappa shape index (κ1) is 22.0. The Kier molecular flexibility index (Phi) is 8.58. The van der Waals surface area contributed by atoms with E-state index in [0.717, 1.165) is 5.75 Å². The van der Waals surface area contributed by atoms with Crippen LogP contribution in [-0.4, -0.2) is 45.8 Å². The summed E-state index contributed by atoms with van der Waals surface area (Å²) in [4.78, 5) is 12.0. The first-order valence-electron chi connectivity index (χ1n) is 8.49. The lowest BCUT2D eigenvalue weighted by molar-refractivity contribution is 0.0953. The number of aromatic hydroxyl groups is 2. The highest BCUT2D eigenvalue weighted by atomic mass is 33.1. The molecule has 28 heavy (non-hydrogen) atoms. The zero-order valence-electron chi connectivity index (χ0n) is 15.1. The first-order valence-corrected chi connectivity index (χ1v) is 11.0. The van der Waals surface area contributed by atoms with Crippen LogP contribution in [0, 0.1) is 0 Å². The molecule has 1 unspecified atom stereocenters. The van der Waals surface area contributed by atoms with Crippen LogP contribution in [0.4, 0.5) is 11.4 Å². The number of nitrogens with two attached hydrogens (primary N) is 2. The summed E-state index contributed by atoms with van der Waals surface area (Å²) >= 11 is 0. The fourth-order valence-corrected chi connectivity index (χ4v) is 4.13. The van der Waals surface area contributed by atoms with Crippen LogP contribution in [0.3, 0.4) is 0 Å². The number of phenols is 2. The van der Waals surface area contributed by atoms with E-state index in [2.05, 4.69) is 10.6 Å². The Balaban J connectivity index is 1.57. The van der Waals surface area contributed by atoms with Gasteiger partial charge in [-0.05, 0) is 24.3 Å². The van der Waals surface area contributed by atoms with Crippen molar-refractivity contribution in [3.63, 3.8) is 0 Å². The highest BCUT2D eigenvalue weighted by Crippen LogP contribution is 2.25. The molecule has 8 nitrogen and oxygen atoms in total. The van der Waals surface area contributed by atoms with Gasteiger partial charge in [0.15, 0.2) is 0 Å². The normalized spacial score (nSPS) is 11.9. The van der Waals surface area contributed by atoms with E-state index in [1.54, 1.807) is 39.8 Å². The number of benzene rings is 2. The largest absolute Gasteiger partial charge is 0.507 e. The van der Waals surface area contributed by atoms with Crippen molar-refractivity contribution in [3.8, 4) is 11.5 Å². The quantitative estimate of drug-likeness (QED) is 0.130. The molecule has 1 amide bonds. The number of aliphatic hydroxyl groups excluding tert-OH is 1. The summed E-state index contributed by atoms with van der Waals surface area (Å²) in [7, 11) is 3.17. The number of nitrogen functional groups attached to an aromatic ring is 2. The van der Waals surface area contributed by atoms with Gasteiger partial charge in [0.1, 0.15) is 17.7 Å². The van der Waals surface area contributed by atoms with Crippen molar-refractivity contribution in [2.45, 2.75) is 6.23 Å². The second kappa shape index (κ2) is 10.9. The number of hydrogen-bond acceptors (Lipinski definition) is 9. The van der Waals surface area contributed by atoms with Gasteiger partial charge < -0.3 is 32.1 Å². The third-order valence-electron chi connectivity index (χ3n) is 3.69. The minimum Gasteiger partial charge on any atom is -0.507 e. The molecule has 1 atom stereocenters. The predicted molar refractivity (Wildman–Crippen MR) is 115 cm³/mol. The lowest BCUT2D eigenvalue weighted by Crippen LogP contribution is -2.25. The number of phenolic OH excluding ortho intramolecular Hbond substituents is 2. The molecule has 0 fully saturated rings. The SMILES string of the molecule is Nc1ccc(C(=O)NCCSSCCNC(O)c2ccc(N)cc2O)c(O)c1. The standard InChI is InChI=1S/C18H24N4O4S2/c19-11-1-3-13(15(23)9-11)17(25)21-5-7-27-28-8-6-22-18(26)14-4-2-12(20)10-16(14)24/h1-4,9-10,17,21,23-25H,5-8,19-20H2,(H,22,26). The summed E-state index contributed by atoms with van der Waals surface area (Å²) in [6.45, 7) is 0.990. The molecule has 2 aromatic carbocycles. The van der Waals surface area contributed by atoms with Crippen molar-refractivity contribution in [3.05, 3.63) is 47.5 Å². The molecule has 2 aromatic rings. The van der Waals surface area contributed by atoms with E-state index >= 15 is 0 Å². The number of amides is 1. The molecule has 0 radical (unpaired) electrons. The van der Waals surface area contributed by atoms with Gasteiger partial charge in [-0.3, -0.25) is 10.1 Å². The van der Waals surface area contributed by atoms with E-state index in [9.17, 15) is 20.1 Å². The van der Waals surface area contributed by atoms with Gasteiger partial charge >= 0.3 is 0 Å². The summed E-state index contributed by atoms with van der Waals surface area (Å²) in [5.74, 6) is 0.870. The first-order chi connectivity index (χ1) is 13.4. The molecule has 2 rings (SSSR count). The van der Waals surface area contributed by atoms with Gasteiger partial charge in [0, 0.05) is 53.7 Å². The van der Waals surface area contributed by atoms with Crippen LogP contribution in [0.1, 0.15) is 22.1 Å². The molecule has 9 N–H and O–H groups in total. The van der Waals surface area contributed by atoms with Gasteiger partial charge in [-0.2, -0.15) is 0 Å². The van der Waals surface area contributed by atoms with Crippen molar-refractivity contribution in [1.82, 2.24) is 10.6 Å². The van der Waals surface area contributed by atoms with E-state index in [1.807, 2.05) is 0 Å². The monoisotopic (exact) mass is 424 g/mol. The number of rotatable bonds is 10. The van der Waals surface area contributed by atoms with E-state index in [4.69, 9.17) is 11.5 Å². The number of hydrogen-bond donors (Lipinski definition) is 7. The second-order valence-corrected chi connectivity index (χ2v) is 8.55. The Hall–Kier alpha value is -2.27. The summed E-state index contributed by atoms with van der Waals surface area (Å²) in [6, 6.07) is 8.96. The molecule has 0 bridgehead atoms. The number of anilines is 2. The number of carbonyl (C=O) groups is 1. The van der Waals surface area contributed by atoms with E-state index < -0.39 is 6.23 Å². The van der Waals surface area contributed by atoms with Crippen molar-refractivity contribution in [2.75, 3.05) is 36.1 Å². The molecule has 0 aliphatic carbocycles. The average Bonchev–Trinajstić information content (AvgIpc) is 2.63. The Morgan fingerprint density at radius 1 is 0.964 bits per heavy atom. The van der Waals surface area contributed by atoms with Gasteiger partial charge in [0.25, 0.3) is 5.91 Å². The van der Waals surface area contributed by atoms with Crippen molar-refractivity contribution in [2.24, 2.45) is 0 Å². The van der Waals surface area contributed by atoms with Crippen LogP contribution in [0.15, 0.2) is 36.4 Å². The summed E-state index contributed by atoms with van der Waals surface area (Å²) in [5.41, 5.74) is 12.5. The topological polar surface area (TPSA) is 154 Å². The Morgan fingerprint density at radius 2 is 1.57 bits per heavy atom. The van der Waals surface area contributed by atoms with Gasteiger partial charge in [-0.1, -0.05) is 21.6 Å². The summed E-state index contributed by atoms with van der Waals surface area (Å²) in [5, 5.41) is 35.2. The zero-order chi connectivity index (χ0) is 20.5. The molecule has 10 heteroatoms. The van der Waals surface area contributed by atoms with Gasteiger partial charge in [0.2, 0.25) is 0 Å². The van der Waals surface area contributed by atoms with Crippen molar-refractivity contribution in [1.29, 1.82) is 0 Å². The Bertz CT molecular complexity index is 807. The molecular formula is C18H24N4O4S2. The van der Waals surface area contributed by atoms with E-state index in [0.29, 0.717) is 35.8 Å². The van der Waals surface area contributed by atoms with Crippen LogP contribution in [0.5, 0.6) is 11.5 Å². The van der Waals surface area contributed by atoms with Crippen LogP contribution < -0.4 is 22.1 Å². The number of carbonyl (C=O) groups excluding carboxylic acids is 1. The molecule has 0 saturated heterocycles.